The van der Waals surface area contributed by atoms with Crippen LogP contribution in [0.5, 0.6) is 0 Å². The van der Waals surface area contributed by atoms with Crippen LogP contribution in [0.4, 0.5) is 0 Å². The van der Waals surface area contributed by atoms with Crippen LogP contribution in [0.2, 0.25) is 0 Å². The van der Waals surface area contributed by atoms with Gasteiger partial charge in [0.2, 0.25) is 0 Å². The van der Waals surface area contributed by atoms with Crippen molar-refractivity contribution in [1.82, 2.24) is 4.90 Å². The molecule has 16 heavy (non-hydrogen) atoms. The van der Waals surface area contributed by atoms with Gasteiger partial charge in [-0.25, -0.2) is 0 Å². The van der Waals surface area contributed by atoms with Gasteiger partial charge >= 0.3 is 5.97 Å². The third kappa shape index (κ3) is 3.31. The predicted octanol–water partition coefficient (Wildman–Crippen LogP) is 1.86. The second-order valence-electron chi connectivity index (χ2n) is 3.85. The first-order valence-corrected chi connectivity index (χ1v) is 6.10. The maximum absolute atomic E-state index is 11.7. The van der Waals surface area contributed by atoms with E-state index in [0.717, 1.165) is 11.3 Å². The molecule has 0 aromatic carbocycles. The first-order chi connectivity index (χ1) is 7.41. The molecule has 1 heterocycles. The molecule has 0 spiro atoms. The molecule has 1 fully saturated rings. The Labute approximate surface area is 104 Å². The summed E-state index contributed by atoms with van der Waals surface area (Å²) >= 11 is 6.13. The van der Waals surface area contributed by atoms with Gasteiger partial charge in [-0.3, -0.25) is 14.5 Å². The second-order valence-corrected chi connectivity index (χ2v) is 5.53. The van der Waals surface area contributed by atoms with Crippen LogP contribution < -0.4 is 0 Å². The van der Waals surface area contributed by atoms with E-state index in [0.29, 0.717) is 15.1 Å². The number of thioether (sulfide) groups is 1. The van der Waals surface area contributed by atoms with Crippen molar-refractivity contribution < 1.29 is 14.7 Å². The molecule has 1 rings (SSSR count). The van der Waals surface area contributed by atoms with Gasteiger partial charge in [-0.15, -0.1) is 0 Å². The van der Waals surface area contributed by atoms with E-state index < -0.39 is 5.97 Å². The molecule has 1 aliphatic rings. The summed E-state index contributed by atoms with van der Waals surface area (Å²) in [5.74, 6) is -0.887. The zero-order chi connectivity index (χ0) is 12.3. The molecule has 0 aromatic heterocycles. The van der Waals surface area contributed by atoms with Gasteiger partial charge in [0.1, 0.15) is 10.9 Å². The van der Waals surface area contributed by atoms with Crippen LogP contribution in [0.25, 0.3) is 0 Å². The molecule has 88 valence electrons. The van der Waals surface area contributed by atoms with Crippen LogP contribution in [-0.2, 0) is 9.59 Å². The Morgan fingerprint density at radius 2 is 2.25 bits per heavy atom. The van der Waals surface area contributed by atoms with Crippen molar-refractivity contribution in [2.45, 2.75) is 20.3 Å². The topological polar surface area (TPSA) is 57.6 Å². The van der Waals surface area contributed by atoms with Crippen LogP contribution in [0.3, 0.4) is 0 Å². The Bertz CT molecular complexity index is 363. The highest BCUT2D eigenvalue weighted by atomic mass is 32.2. The van der Waals surface area contributed by atoms with Gasteiger partial charge in [0.05, 0.1) is 4.91 Å². The van der Waals surface area contributed by atoms with Crippen molar-refractivity contribution >= 4 is 40.2 Å². The minimum atomic E-state index is -1.05. The number of carbonyl (C=O) groups is 2. The molecule has 0 bridgehead atoms. The first kappa shape index (κ1) is 13.2. The minimum Gasteiger partial charge on any atom is -0.480 e. The monoisotopic (exact) mass is 259 g/mol. The van der Waals surface area contributed by atoms with E-state index in [2.05, 4.69) is 13.8 Å². The fourth-order valence-corrected chi connectivity index (χ4v) is 2.39. The third-order valence-corrected chi connectivity index (χ3v) is 3.37. The van der Waals surface area contributed by atoms with E-state index in [4.69, 9.17) is 17.3 Å². The summed E-state index contributed by atoms with van der Waals surface area (Å²) in [6.07, 6.45) is 2.61. The molecule has 1 saturated heterocycles. The highest BCUT2D eigenvalue weighted by Crippen LogP contribution is 2.31. The number of rotatable bonds is 4. The van der Waals surface area contributed by atoms with Gasteiger partial charge in [-0.1, -0.05) is 43.9 Å². The molecule has 0 unspecified atom stereocenters. The number of carbonyl (C=O) groups excluding carboxylic acids is 1. The first-order valence-electron chi connectivity index (χ1n) is 4.87. The van der Waals surface area contributed by atoms with Gasteiger partial charge < -0.3 is 5.11 Å². The lowest BCUT2D eigenvalue weighted by Gasteiger charge is -2.10. The normalized spacial score (nSPS) is 18.9. The average Bonchev–Trinajstić information content (AvgIpc) is 2.42. The third-order valence-electron chi connectivity index (χ3n) is 1.94. The summed E-state index contributed by atoms with van der Waals surface area (Å²) < 4.78 is 0.322. The minimum absolute atomic E-state index is 0.293. The molecule has 1 aliphatic heterocycles. The largest absolute Gasteiger partial charge is 0.480 e. The van der Waals surface area contributed by atoms with Crippen molar-refractivity contribution in [3.63, 3.8) is 0 Å². The highest BCUT2D eigenvalue weighted by molar-refractivity contribution is 8.26. The summed E-state index contributed by atoms with van der Waals surface area (Å²) in [6.45, 7) is 3.74. The molecule has 0 aliphatic carbocycles. The number of amides is 1. The quantitative estimate of drug-likeness (QED) is 0.617. The molecule has 4 nitrogen and oxygen atoms in total. The van der Waals surface area contributed by atoms with Gasteiger partial charge in [0, 0.05) is 0 Å². The number of allylic oxidation sites excluding steroid dienone is 1. The van der Waals surface area contributed by atoms with Crippen molar-refractivity contribution in [2.75, 3.05) is 6.54 Å². The molecule has 1 N–H and O–H groups in total. The maximum Gasteiger partial charge on any atom is 0.323 e. The van der Waals surface area contributed by atoms with E-state index in [-0.39, 0.29) is 12.5 Å². The molecule has 0 saturated carbocycles. The van der Waals surface area contributed by atoms with Crippen molar-refractivity contribution in [1.29, 1.82) is 0 Å². The number of nitrogens with zero attached hydrogens (tertiary/aromatic N) is 1. The number of aliphatic carboxylic acids is 1. The van der Waals surface area contributed by atoms with Gasteiger partial charge in [-0.2, -0.15) is 0 Å². The van der Waals surface area contributed by atoms with E-state index in [9.17, 15) is 9.59 Å². The van der Waals surface area contributed by atoms with Crippen LogP contribution in [0, 0.1) is 5.92 Å². The van der Waals surface area contributed by atoms with E-state index in [1.54, 1.807) is 0 Å². The van der Waals surface area contributed by atoms with Gasteiger partial charge in [0.15, 0.2) is 0 Å². The lowest BCUT2D eigenvalue weighted by atomic mass is 10.1. The fourth-order valence-electron chi connectivity index (χ4n) is 1.15. The number of carboxylic acid groups (broad SMARTS) is 1. The SMILES string of the molecule is CC(C)CC=C1SC(=S)N(CC(=O)O)C1=O. The molecular weight excluding hydrogens is 246 g/mol. The fraction of sp³-hybridized carbons (Fsp3) is 0.500. The van der Waals surface area contributed by atoms with Crippen LogP contribution in [0.1, 0.15) is 20.3 Å². The summed E-state index contributed by atoms with van der Waals surface area (Å²) in [6, 6.07) is 0. The van der Waals surface area contributed by atoms with Crippen LogP contribution in [0.15, 0.2) is 11.0 Å². The smallest absolute Gasteiger partial charge is 0.323 e. The lowest BCUT2D eigenvalue weighted by molar-refractivity contribution is -0.140. The Morgan fingerprint density at radius 1 is 1.62 bits per heavy atom. The number of hydrogen-bond acceptors (Lipinski definition) is 4. The summed E-state index contributed by atoms with van der Waals surface area (Å²) in [5, 5.41) is 8.63. The summed E-state index contributed by atoms with van der Waals surface area (Å²) in [4.78, 5) is 23.9. The molecule has 0 radical (unpaired) electrons. The molecule has 0 atom stereocenters. The maximum atomic E-state index is 11.7. The van der Waals surface area contributed by atoms with E-state index in [1.165, 1.54) is 11.8 Å². The number of thiocarbonyl (C=S) groups is 1. The molecule has 0 aromatic rings. The van der Waals surface area contributed by atoms with Crippen molar-refractivity contribution in [2.24, 2.45) is 5.92 Å². The lowest BCUT2D eigenvalue weighted by Crippen LogP contribution is -2.33. The molecule has 1 amide bonds. The van der Waals surface area contributed by atoms with E-state index in [1.807, 2.05) is 6.08 Å². The Morgan fingerprint density at radius 3 is 2.75 bits per heavy atom. The van der Waals surface area contributed by atoms with Gasteiger partial charge in [-0.05, 0) is 12.3 Å². The standard InChI is InChI=1S/C10H13NO3S2/c1-6(2)3-4-7-9(14)11(5-8(12)13)10(15)16-7/h4,6H,3,5H2,1-2H3,(H,12,13). The molecular formula is C10H13NO3S2. The average molecular weight is 259 g/mol. The summed E-state index contributed by atoms with van der Waals surface area (Å²) in [5.41, 5.74) is 0. The summed E-state index contributed by atoms with van der Waals surface area (Å²) in [7, 11) is 0. The second kappa shape index (κ2) is 5.45. The zero-order valence-corrected chi connectivity index (χ0v) is 10.7. The van der Waals surface area contributed by atoms with Crippen molar-refractivity contribution in [3.8, 4) is 0 Å². The van der Waals surface area contributed by atoms with Crippen LogP contribution >= 0.6 is 24.0 Å². The zero-order valence-electron chi connectivity index (χ0n) is 9.10. The predicted molar refractivity (Wildman–Crippen MR) is 67.1 cm³/mol. The Hall–Kier alpha value is -0.880. The Balaban J connectivity index is 2.74. The number of carboxylic acids is 1. The van der Waals surface area contributed by atoms with Gasteiger partial charge in [0.25, 0.3) is 5.91 Å². The van der Waals surface area contributed by atoms with E-state index >= 15 is 0 Å². The highest BCUT2D eigenvalue weighted by Gasteiger charge is 2.32. The molecule has 6 heteroatoms. The van der Waals surface area contributed by atoms with Crippen LogP contribution in [-0.4, -0.2) is 32.7 Å². The number of hydrogen-bond donors (Lipinski definition) is 1. The van der Waals surface area contributed by atoms with Crippen molar-refractivity contribution in [3.05, 3.63) is 11.0 Å². The Kier molecular flexibility index (Phi) is 4.49.